The van der Waals surface area contributed by atoms with Crippen molar-refractivity contribution in [2.75, 3.05) is 50.7 Å². The molecular formula is C41H45ClFN9O6. The van der Waals surface area contributed by atoms with Crippen LogP contribution in [-0.4, -0.2) is 114 Å². The molecule has 304 valence electrons. The highest BCUT2D eigenvalue weighted by Crippen LogP contribution is 2.34. The summed E-state index contributed by atoms with van der Waals surface area (Å²) in [6.45, 7) is 5.26. The largest absolute Gasteiger partial charge is 0.490 e. The molecule has 2 aromatic rings. The zero-order valence-electron chi connectivity index (χ0n) is 32.0. The summed E-state index contributed by atoms with van der Waals surface area (Å²) >= 11 is 6.14. The number of fused-ring (bicyclic) bond motifs is 1. The molecule has 0 aromatic heterocycles. The Balaban J connectivity index is 0.747. The molecule has 2 unspecified atom stereocenters. The molecule has 5 aliphatic heterocycles. The van der Waals surface area contributed by atoms with E-state index >= 15 is 4.39 Å². The Morgan fingerprint density at radius 1 is 0.948 bits per heavy atom. The monoisotopic (exact) mass is 813 g/mol. The predicted molar refractivity (Wildman–Crippen MR) is 208 cm³/mol. The molecule has 3 saturated heterocycles. The van der Waals surface area contributed by atoms with Gasteiger partial charge in [-0.15, -0.1) is 5.11 Å². The molecule has 5 heterocycles. The smallest absolute Gasteiger partial charge is 0.271 e. The van der Waals surface area contributed by atoms with Gasteiger partial charge in [0.05, 0.1) is 33.5 Å². The lowest BCUT2D eigenvalue weighted by molar-refractivity contribution is -0.136. The lowest BCUT2D eigenvalue weighted by Crippen LogP contribution is -2.54. The molecule has 15 nitrogen and oxygen atoms in total. The highest BCUT2D eigenvalue weighted by atomic mass is 35.5. The summed E-state index contributed by atoms with van der Waals surface area (Å²) in [4.78, 5) is 70.9. The van der Waals surface area contributed by atoms with Crippen molar-refractivity contribution in [3.63, 3.8) is 0 Å². The molecule has 0 radical (unpaired) electrons. The second-order valence-corrected chi connectivity index (χ2v) is 16.3. The van der Waals surface area contributed by atoms with E-state index in [4.69, 9.17) is 21.6 Å². The quantitative estimate of drug-likeness (QED) is 0.349. The number of ether oxygens (including phenoxy) is 1. The van der Waals surface area contributed by atoms with Crippen molar-refractivity contribution >= 4 is 46.8 Å². The molecule has 8 rings (SSSR count). The zero-order chi connectivity index (χ0) is 40.5. The van der Waals surface area contributed by atoms with Crippen molar-refractivity contribution in [3.8, 4) is 11.8 Å². The first-order chi connectivity index (χ1) is 28.0. The minimum atomic E-state index is -1.10. The molecule has 2 atom stereocenters. The number of piperidine rings is 2. The van der Waals surface area contributed by atoms with Crippen LogP contribution in [0.25, 0.3) is 0 Å². The van der Waals surface area contributed by atoms with E-state index in [9.17, 15) is 24.0 Å². The number of anilines is 1. The summed E-state index contributed by atoms with van der Waals surface area (Å²) in [6.07, 6.45) is 7.64. The minimum Gasteiger partial charge on any atom is -0.490 e. The van der Waals surface area contributed by atoms with Crippen molar-refractivity contribution in [2.45, 2.75) is 82.1 Å². The van der Waals surface area contributed by atoms with Gasteiger partial charge in [-0.3, -0.25) is 44.0 Å². The van der Waals surface area contributed by atoms with E-state index in [1.807, 2.05) is 17.0 Å². The molecule has 2 N–H and O–H groups in total. The van der Waals surface area contributed by atoms with Crippen molar-refractivity contribution in [1.29, 1.82) is 5.26 Å². The first kappa shape index (κ1) is 39.6. The van der Waals surface area contributed by atoms with Crippen molar-refractivity contribution in [2.24, 2.45) is 16.1 Å². The third kappa shape index (κ3) is 8.34. The molecule has 0 bridgehead atoms. The lowest BCUT2D eigenvalue weighted by Gasteiger charge is -2.40. The van der Waals surface area contributed by atoms with E-state index in [1.165, 1.54) is 6.07 Å². The number of carbonyl (C=O) groups is 5. The molecule has 5 amide bonds. The number of halogens is 2. The van der Waals surface area contributed by atoms with E-state index < -0.39 is 35.5 Å². The van der Waals surface area contributed by atoms with Gasteiger partial charge in [0.15, 0.2) is 0 Å². The standard InChI is InChI=1S/C41H45ClFN9O6/c42-31-19-28(4-1-25(31)22-44)58-27-5-2-26(3-6-27)45-38(54)33-7-9-36(48-47-33)51-13-11-24(12-14-51)23-49-15-17-50(18-16-49)35-21-30-29(20-32(35)43)40(56)52(41(30)57)34-8-10-37(53)46-39(34)55/h1,4,7,19-21,24,26-27,34,36H,2-3,5-6,8-18,23H2,(H,45,54)(H,46,53,55)/t26-,27-,34?,36?. The number of piperazine rings is 1. The summed E-state index contributed by atoms with van der Waals surface area (Å²) in [5, 5.41) is 23.6. The van der Waals surface area contributed by atoms with E-state index in [2.05, 4.69) is 30.7 Å². The van der Waals surface area contributed by atoms with E-state index in [1.54, 1.807) is 18.2 Å². The van der Waals surface area contributed by atoms with E-state index in [0.29, 0.717) is 47.5 Å². The molecule has 1 aliphatic carbocycles. The van der Waals surface area contributed by atoms with Crippen LogP contribution in [0.2, 0.25) is 5.02 Å². The Kier molecular flexibility index (Phi) is 11.6. The summed E-state index contributed by atoms with van der Waals surface area (Å²) in [7, 11) is 0. The number of amides is 5. The maximum absolute atomic E-state index is 15.4. The van der Waals surface area contributed by atoms with Gasteiger partial charge in [-0.05, 0) is 81.2 Å². The Bertz CT molecular complexity index is 2100. The number of hydrogen-bond acceptors (Lipinski definition) is 12. The van der Waals surface area contributed by atoms with Gasteiger partial charge in [-0.1, -0.05) is 11.6 Å². The highest BCUT2D eigenvalue weighted by Gasteiger charge is 2.45. The molecule has 2 aromatic carbocycles. The number of rotatable bonds is 9. The Morgan fingerprint density at radius 3 is 2.33 bits per heavy atom. The number of nitriles is 1. The zero-order valence-corrected chi connectivity index (χ0v) is 32.8. The van der Waals surface area contributed by atoms with Gasteiger partial charge in [0.2, 0.25) is 11.8 Å². The normalized spacial score (nSPS) is 25.9. The number of azo groups is 1. The van der Waals surface area contributed by atoms with Crippen LogP contribution >= 0.6 is 11.6 Å². The number of carbonyl (C=O) groups excluding carboxylic acids is 5. The van der Waals surface area contributed by atoms with Crippen LogP contribution in [0.1, 0.15) is 84.1 Å². The fourth-order valence-electron chi connectivity index (χ4n) is 8.92. The second-order valence-electron chi connectivity index (χ2n) is 15.9. The van der Waals surface area contributed by atoms with Crippen LogP contribution in [-0.2, 0) is 14.4 Å². The van der Waals surface area contributed by atoms with Gasteiger partial charge in [0.25, 0.3) is 17.7 Å². The minimum absolute atomic E-state index is 0.0148. The average Bonchev–Trinajstić information content (AvgIpc) is 3.46. The van der Waals surface area contributed by atoms with Crippen LogP contribution < -0.4 is 20.3 Å². The number of benzene rings is 2. The number of hydrogen-bond donors (Lipinski definition) is 2. The molecular weight excluding hydrogens is 769 g/mol. The second kappa shape index (κ2) is 16.9. The molecule has 0 spiro atoms. The van der Waals surface area contributed by atoms with Crippen LogP contribution in [0.3, 0.4) is 0 Å². The van der Waals surface area contributed by atoms with Crippen LogP contribution in [0.15, 0.2) is 52.3 Å². The first-order valence-corrected chi connectivity index (χ1v) is 20.5. The molecule has 6 aliphatic rings. The summed E-state index contributed by atoms with van der Waals surface area (Å²) < 4.78 is 21.5. The molecule has 58 heavy (non-hydrogen) atoms. The SMILES string of the molecule is N#Cc1ccc(O[C@H]2CC[C@H](NC(=O)C3=CCC(N4CCC(CN5CCN(c6cc7c(cc6F)C(=O)N(C6CCC(=O)NC6=O)C7=O)CC5)CC4)N=N3)CC2)cc1Cl. The number of imide groups is 2. The van der Waals surface area contributed by atoms with Gasteiger partial charge in [0.1, 0.15) is 35.5 Å². The molecule has 1 saturated carbocycles. The fourth-order valence-corrected chi connectivity index (χ4v) is 9.13. The van der Waals surface area contributed by atoms with Crippen LogP contribution in [0, 0.1) is 23.1 Å². The van der Waals surface area contributed by atoms with Gasteiger partial charge in [0, 0.05) is 70.8 Å². The van der Waals surface area contributed by atoms with Crippen molar-refractivity contribution < 1.29 is 33.1 Å². The number of likely N-dealkylation sites (tertiary alicyclic amines) is 1. The summed E-state index contributed by atoms with van der Waals surface area (Å²) in [6, 6.07) is 8.57. The molecule has 17 heteroatoms. The summed E-state index contributed by atoms with van der Waals surface area (Å²) in [5.41, 5.74) is 1.03. The van der Waals surface area contributed by atoms with Crippen molar-refractivity contribution in [3.05, 3.63) is 69.6 Å². The van der Waals surface area contributed by atoms with Gasteiger partial charge in [-0.25, -0.2) is 4.39 Å². The fraction of sp³-hybridized carbons (Fsp3) is 0.512. The first-order valence-electron chi connectivity index (χ1n) is 20.1. The van der Waals surface area contributed by atoms with Gasteiger partial charge >= 0.3 is 0 Å². The highest BCUT2D eigenvalue weighted by molar-refractivity contribution is 6.31. The number of nitrogens with one attached hydrogen (secondary N) is 2. The number of nitrogens with zero attached hydrogens (tertiary/aromatic N) is 7. The summed E-state index contributed by atoms with van der Waals surface area (Å²) in [5.74, 6) is -2.19. The Morgan fingerprint density at radius 2 is 1.67 bits per heavy atom. The van der Waals surface area contributed by atoms with Crippen LogP contribution in [0.4, 0.5) is 10.1 Å². The Labute approximate surface area is 340 Å². The van der Waals surface area contributed by atoms with Crippen molar-refractivity contribution in [1.82, 2.24) is 25.3 Å². The van der Waals surface area contributed by atoms with Gasteiger partial charge in [-0.2, -0.15) is 10.4 Å². The Hall–Kier alpha value is -5.24. The topological polar surface area (TPSA) is 180 Å². The predicted octanol–water partition coefficient (Wildman–Crippen LogP) is 4.16. The maximum Gasteiger partial charge on any atom is 0.271 e. The van der Waals surface area contributed by atoms with E-state index in [-0.39, 0.29) is 53.9 Å². The molecule has 4 fully saturated rings. The maximum atomic E-state index is 15.4. The van der Waals surface area contributed by atoms with Gasteiger partial charge < -0.3 is 15.0 Å². The van der Waals surface area contributed by atoms with Crippen LogP contribution in [0.5, 0.6) is 5.75 Å². The van der Waals surface area contributed by atoms with E-state index in [0.717, 1.165) is 82.2 Å². The lowest BCUT2D eigenvalue weighted by atomic mass is 9.92. The average molecular weight is 814 g/mol. The third-order valence-corrected chi connectivity index (χ3v) is 12.5. The third-order valence-electron chi connectivity index (χ3n) is 12.2.